The van der Waals surface area contributed by atoms with Gasteiger partial charge in [0.15, 0.2) is 0 Å². The highest BCUT2D eigenvalue weighted by Gasteiger charge is 2.25. The van der Waals surface area contributed by atoms with Gasteiger partial charge in [0, 0.05) is 12.2 Å². The van der Waals surface area contributed by atoms with Crippen molar-refractivity contribution in [3.63, 3.8) is 0 Å². The minimum Gasteiger partial charge on any atom is -0.353 e. The first kappa shape index (κ1) is 10.8. The largest absolute Gasteiger partial charge is 0.353 e. The summed E-state index contributed by atoms with van der Waals surface area (Å²) < 4.78 is 0.831. The molecule has 1 aromatic rings. The summed E-state index contributed by atoms with van der Waals surface area (Å²) in [5.41, 5.74) is 2.74. The second-order valence-electron chi connectivity index (χ2n) is 4.22. The molecule has 0 unspecified atom stereocenters. The van der Waals surface area contributed by atoms with Crippen LogP contribution in [0.2, 0.25) is 0 Å². The van der Waals surface area contributed by atoms with Crippen LogP contribution in [0.5, 0.6) is 0 Å². The average molecular weight is 222 g/mol. The number of hydrogen-bond donors (Lipinski definition) is 1. The lowest BCUT2D eigenvalue weighted by Crippen LogP contribution is -2.23. The molecule has 0 amide bonds. The van der Waals surface area contributed by atoms with Gasteiger partial charge in [0.2, 0.25) is 0 Å². The van der Waals surface area contributed by atoms with Gasteiger partial charge in [-0.2, -0.15) is 0 Å². The highest BCUT2D eigenvalue weighted by Crippen LogP contribution is 2.32. The Bertz CT molecular complexity index is 397. The number of nitrogens with one attached hydrogen (secondary N) is 1. The molecule has 0 aliphatic carbocycles. The van der Waals surface area contributed by atoms with Crippen LogP contribution in [0, 0.1) is 11.6 Å². The van der Waals surface area contributed by atoms with Crippen molar-refractivity contribution in [2.45, 2.75) is 32.7 Å². The molecule has 1 aliphatic rings. The third kappa shape index (κ3) is 2.13. The van der Waals surface area contributed by atoms with Crippen LogP contribution in [0.3, 0.4) is 0 Å². The highest BCUT2D eigenvalue weighted by molar-refractivity contribution is 7.71. The Morgan fingerprint density at radius 1 is 1.60 bits per heavy atom. The third-order valence-electron chi connectivity index (χ3n) is 3.30. The standard InChI is InChI=1S/C12H18N2S/c1-3-14-6-4-5-11(14)10-8-13-12(15)7-9(10)2/h7-8,11H,3-6H2,1-2H3,(H,13,15)/t11-/m1/s1. The molecule has 0 bridgehead atoms. The van der Waals surface area contributed by atoms with E-state index in [0.717, 1.165) is 11.2 Å². The maximum Gasteiger partial charge on any atom is 0.103 e. The van der Waals surface area contributed by atoms with Crippen LogP contribution in [0.25, 0.3) is 0 Å². The summed E-state index contributed by atoms with van der Waals surface area (Å²) >= 11 is 5.12. The normalized spacial score (nSPS) is 22.1. The summed E-state index contributed by atoms with van der Waals surface area (Å²) in [6, 6.07) is 2.67. The van der Waals surface area contributed by atoms with Gasteiger partial charge in [-0.15, -0.1) is 0 Å². The Labute approximate surface area is 96.3 Å². The maximum atomic E-state index is 5.12. The summed E-state index contributed by atoms with van der Waals surface area (Å²) in [6.45, 7) is 6.76. The van der Waals surface area contributed by atoms with Crippen LogP contribution < -0.4 is 0 Å². The van der Waals surface area contributed by atoms with Crippen LogP contribution >= 0.6 is 12.2 Å². The van der Waals surface area contributed by atoms with E-state index in [9.17, 15) is 0 Å². The zero-order valence-corrected chi connectivity index (χ0v) is 10.2. The van der Waals surface area contributed by atoms with Crippen molar-refractivity contribution in [3.8, 4) is 0 Å². The molecule has 82 valence electrons. The fraction of sp³-hybridized carbons (Fsp3) is 0.583. The van der Waals surface area contributed by atoms with Gasteiger partial charge in [-0.05, 0) is 50.0 Å². The number of aryl methyl sites for hydroxylation is 1. The van der Waals surface area contributed by atoms with E-state index < -0.39 is 0 Å². The first-order chi connectivity index (χ1) is 7.22. The molecule has 1 atom stereocenters. The van der Waals surface area contributed by atoms with E-state index in [2.05, 4.69) is 36.0 Å². The minimum atomic E-state index is 0.599. The summed E-state index contributed by atoms with van der Waals surface area (Å²) in [5.74, 6) is 0. The number of aromatic nitrogens is 1. The number of H-pyrrole nitrogens is 1. The number of hydrogen-bond acceptors (Lipinski definition) is 2. The number of rotatable bonds is 2. The summed E-state index contributed by atoms with van der Waals surface area (Å²) in [4.78, 5) is 5.69. The fourth-order valence-electron chi connectivity index (χ4n) is 2.50. The molecule has 0 aromatic carbocycles. The van der Waals surface area contributed by atoms with Crippen molar-refractivity contribution in [1.29, 1.82) is 0 Å². The second-order valence-corrected chi connectivity index (χ2v) is 4.66. The quantitative estimate of drug-likeness (QED) is 0.775. The topological polar surface area (TPSA) is 19.0 Å². The Balaban J connectivity index is 2.32. The zero-order valence-electron chi connectivity index (χ0n) is 9.42. The van der Waals surface area contributed by atoms with Gasteiger partial charge >= 0.3 is 0 Å². The van der Waals surface area contributed by atoms with Crippen LogP contribution in [0.15, 0.2) is 12.3 Å². The van der Waals surface area contributed by atoms with E-state index >= 15 is 0 Å². The SMILES string of the molecule is CCN1CCC[C@@H]1c1c[nH]c(=S)cc1C. The van der Waals surface area contributed by atoms with Crippen molar-refractivity contribution in [2.75, 3.05) is 13.1 Å². The summed E-state index contributed by atoms with van der Waals surface area (Å²) in [6.07, 6.45) is 4.68. The van der Waals surface area contributed by atoms with Crippen molar-refractivity contribution < 1.29 is 0 Å². The Hall–Kier alpha value is -0.670. The monoisotopic (exact) mass is 222 g/mol. The highest BCUT2D eigenvalue weighted by atomic mass is 32.1. The Morgan fingerprint density at radius 3 is 3.07 bits per heavy atom. The Kier molecular flexibility index (Phi) is 3.22. The first-order valence-corrected chi connectivity index (χ1v) is 6.06. The predicted molar refractivity (Wildman–Crippen MR) is 65.6 cm³/mol. The third-order valence-corrected chi connectivity index (χ3v) is 3.54. The van der Waals surface area contributed by atoms with Crippen molar-refractivity contribution in [2.24, 2.45) is 0 Å². The van der Waals surface area contributed by atoms with E-state index in [0.29, 0.717) is 6.04 Å². The second kappa shape index (κ2) is 4.45. The molecule has 0 radical (unpaired) electrons. The molecule has 0 saturated carbocycles. The smallest absolute Gasteiger partial charge is 0.103 e. The minimum absolute atomic E-state index is 0.599. The first-order valence-electron chi connectivity index (χ1n) is 5.65. The molecule has 1 aromatic heterocycles. The van der Waals surface area contributed by atoms with Gasteiger partial charge in [0.25, 0.3) is 0 Å². The average Bonchev–Trinajstić information content (AvgIpc) is 2.65. The molecular formula is C12H18N2S. The van der Waals surface area contributed by atoms with Crippen LogP contribution in [-0.2, 0) is 0 Å². The van der Waals surface area contributed by atoms with Crippen molar-refractivity contribution in [3.05, 3.63) is 28.0 Å². The molecule has 1 N–H and O–H groups in total. The lowest BCUT2D eigenvalue weighted by Gasteiger charge is -2.24. The summed E-state index contributed by atoms with van der Waals surface area (Å²) in [7, 11) is 0. The number of aromatic amines is 1. The molecule has 1 saturated heterocycles. The fourth-order valence-corrected chi connectivity index (χ4v) is 2.74. The van der Waals surface area contributed by atoms with E-state index in [1.54, 1.807) is 0 Å². The maximum absolute atomic E-state index is 5.12. The molecule has 15 heavy (non-hydrogen) atoms. The molecule has 2 nitrogen and oxygen atoms in total. The van der Waals surface area contributed by atoms with E-state index in [1.807, 2.05) is 0 Å². The van der Waals surface area contributed by atoms with Gasteiger partial charge in [-0.3, -0.25) is 4.90 Å². The molecule has 2 heterocycles. The Morgan fingerprint density at radius 2 is 2.40 bits per heavy atom. The van der Waals surface area contributed by atoms with E-state index in [-0.39, 0.29) is 0 Å². The molecule has 3 heteroatoms. The number of nitrogens with zero attached hydrogens (tertiary/aromatic N) is 1. The van der Waals surface area contributed by atoms with Crippen LogP contribution in [0.1, 0.15) is 36.9 Å². The predicted octanol–water partition coefficient (Wildman–Crippen LogP) is 3.21. The number of pyridine rings is 1. The lowest BCUT2D eigenvalue weighted by atomic mass is 10.0. The van der Waals surface area contributed by atoms with Gasteiger partial charge in [-0.1, -0.05) is 19.1 Å². The van der Waals surface area contributed by atoms with Crippen molar-refractivity contribution >= 4 is 12.2 Å². The van der Waals surface area contributed by atoms with Crippen LogP contribution in [0.4, 0.5) is 0 Å². The molecular weight excluding hydrogens is 204 g/mol. The van der Waals surface area contributed by atoms with Gasteiger partial charge in [0.1, 0.15) is 4.64 Å². The number of likely N-dealkylation sites (tertiary alicyclic amines) is 1. The molecule has 1 aliphatic heterocycles. The van der Waals surface area contributed by atoms with Crippen molar-refractivity contribution in [1.82, 2.24) is 9.88 Å². The molecule has 0 spiro atoms. The van der Waals surface area contributed by atoms with Crippen LogP contribution in [-0.4, -0.2) is 23.0 Å². The zero-order chi connectivity index (χ0) is 10.8. The van der Waals surface area contributed by atoms with Gasteiger partial charge in [-0.25, -0.2) is 0 Å². The molecule has 1 fully saturated rings. The molecule has 2 rings (SSSR count). The lowest BCUT2D eigenvalue weighted by molar-refractivity contribution is 0.270. The van der Waals surface area contributed by atoms with Gasteiger partial charge in [0.05, 0.1) is 0 Å². The van der Waals surface area contributed by atoms with E-state index in [4.69, 9.17) is 12.2 Å². The van der Waals surface area contributed by atoms with Gasteiger partial charge < -0.3 is 4.98 Å². The van der Waals surface area contributed by atoms with E-state index in [1.165, 1.54) is 30.5 Å². The summed E-state index contributed by atoms with van der Waals surface area (Å²) in [5, 5.41) is 0.